The Morgan fingerprint density at radius 3 is 2.41 bits per heavy atom. The molecular weight excluding hydrogens is 296 g/mol. The second kappa shape index (κ2) is 6.16. The van der Waals surface area contributed by atoms with E-state index in [9.17, 15) is 8.42 Å². The molecule has 0 saturated heterocycles. The van der Waals surface area contributed by atoms with Gasteiger partial charge in [0, 0.05) is 18.4 Å². The predicted octanol–water partition coefficient (Wildman–Crippen LogP) is 3.78. The average molecular weight is 318 g/mol. The third kappa shape index (κ3) is 3.19. The maximum absolute atomic E-state index is 12.6. The van der Waals surface area contributed by atoms with Crippen LogP contribution in [0.2, 0.25) is 0 Å². The van der Waals surface area contributed by atoms with Crippen molar-refractivity contribution in [2.45, 2.75) is 50.0 Å². The molecule has 5 heteroatoms. The van der Waals surface area contributed by atoms with E-state index >= 15 is 0 Å². The van der Waals surface area contributed by atoms with Crippen molar-refractivity contribution in [3.05, 3.63) is 48.3 Å². The van der Waals surface area contributed by atoms with Crippen LogP contribution < -0.4 is 5.32 Å². The van der Waals surface area contributed by atoms with E-state index in [0.29, 0.717) is 10.9 Å². The number of rotatable bonds is 4. The molecule has 1 aliphatic rings. The molecule has 0 unspecified atom stereocenters. The van der Waals surface area contributed by atoms with Crippen molar-refractivity contribution in [2.75, 3.05) is 5.32 Å². The summed E-state index contributed by atoms with van der Waals surface area (Å²) in [6.45, 7) is 1.94. The van der Waals surface area contributed by atoms with Gasteiger partial charge in [0.25, 0.3) is 10.0 Å². The molecule has 118 valence electrons. The molecule has 1 aromatic carbocycles. The lowest BCUT2D eigenvalue weighted by molar-refractivity contribution is 0.463. The Hall–Kier alpha value is -1.75. The van der Waals surface area contributed by atoms with E-state index < -0.39 is 10.0 Å². The number of nitrogens with zero attached hydrogens (tertiary/aromatic N) is 1. The third-order valence-corrected chi connectivity index (χ3v) is 5.89. The van der Waals surface area contributed by atoms with Gasteiger partial charge in [-0.3, -0.25) is 0 Å². The molecule has 1 aromatic heterocycles. The van der Waals surface area contributed by atoms with Crippen molar-refractivity contribution in [3.8, 4) is 0 Å². The summed E-state index contributed by atoms with van der Waals surface area (Å²) in [7, 11) is -3.50. The van der Waals surface area contributed by atoms with E-state index in [4.69, 9.17) is 0 Å². The fourth-order valence-corrected chi connectivity index (χ4v) is 4.12. The van der Waals surface area contributed by atoms with E-state index in [-0.39, 0.29) is 0 Å². The monoisotopic (exact) mass is 318 g/mol. The smallest absolute Gasteiger partial charge is 0.267 e. The highest BCUT2D eigenvalue weighted by Gasteiger charge is 2.18. The molecule has 0 spiro atoms. The van der Waals surface area contributed by atoms with Crippen molar-refractivity contribution in [3.63, 3.8) is 0 Å². The van der Waals surface area contributed by atoms with Crippen molar-refractivity contribution in [1.82, 2.24) is 3.97 Å². The number of aromatic nitrogens is 1. The van der Waals surface area contributed by atoms with Crippen LogP contribution in [0.5, 0.6) is 0 Å². The number of hydrogen-bond donors (Lipinski definition) is 1. The molecule has 0 radical (unpaired) electrons. The summed E-state index contributed by atoms with van der Waals surface area (Å²) in [5, 5.41) is 3.45. The number of aryl methyl sites for hydroxylation is 1. The average Bonchev–Trinajstić information content (AvgIpc) is 2.98. The van der Waals surface area contributed by atoms with Gasteiger partial charge in [-0.1, -0.05) is 37.0 Å². The highest BCUT2D eigenvalue weighted by atomic mass is 32.2. The molecular formula is C17H22N2O2S. The van der Waals surface area contributed by atoms with Crippen LogP contribution in [-0.4, -0.2) is 18.4 Å². The molecule has 0 bridgehead atoms. The molecule has 0 atom stereocenters. The van der Waals surface area contributed by atoms with Gasteiger partial charge in [0.1, 0.15) is 0 Å². The molecule has 0 aliphatic heterocycles. The minimum atomic E-state index is -3.50. The summed E-state index contributed by atoms with van der Waals surface area (Å²) in [6.07, 6.45) is 9.41. The predicted molar refractivity (Wildman–Crippen MR) is 88.7 cm³/mol. The van der Waals surface area contributed by atoms with Gasteiger partial charge in [-0.25, -0.2) is 12.4 Å². The maximum atomic E-state index is 12.6. The Kier molecular flexibility index (Phi) is 4.25. The first kappa shape index (κ1) is 15.2. The molecule has 1 N–H and O–H groups in total. The van der Waals surface area contributed by atoms with Gasteiger partial charge >= 0.3 is 0 Å². The highest BCUT2D eigenvalue weighted by molar-refractivity contribution is 7.90. The Bertz CT molecular complexity index is 726. The van der Waals surface area contributed by atoms with Gasteiger partial charge in [-0.05, 0) is 38.0 Å². The third-order valence-electron chi connectivity index (χ3n) is 4.24. The topological polar surface area (TPSA) is 51.1 Å². The largest absolute Gasteiger partial charge is 0.381 e. The Balaban J connectivity index is 1.78. The second-order valence-corrected chi connectivity index (χ2v) is 7.87. The van der Waals surface area contributed by atoms with Gasteiger partial charge < -0.3 is 5.32 Å². The van der Waals surface area contributed by atoms with Crippen molar-refractivity contribution in [1.29, 1.82) is 0 Å². The van der Waals surface area contributed by atoms with Crippen LogP contribution >= 0.6 is 0 Å². The summed E-state index contributed by atoms with van der Waals surface area (Å²) >= 11 is 0. The summed E-state index contributed by atoms with van der Waals surface area (Å²) in [5.74, 6) is 0. The van der Waals surface area contributed by atoms with Crippen molar-refractivity contribution < 1.29 is 8.42 Å². The van der Waals surface area contributed by atoms with Gasteiger partial charge in [0.2, 0.25) is 0 Å². The molecule has 4 nitrogen and oxygen atoms in total. The lowest BCUT2D eigenvalue weighted by atomic mass is 9.95. The van der Waals surface area contributed by atoms with E-state index in [1.807, 2.05) is 25.1 Å². The second-order valence-electron chi connectivity index (χ2n) is 6.03. The molecule has 2 aromatic rings. The fourth-order valence-electron chi connectivity index (χ4n) is 2.93. The summed E-state index contributed by atoms with van der Waals surface area (Å²) in [4.78, 5) is 0.318. The Morgan fingerprint density at radius 2 is 1.73 bits per heavy atom. The first-order valence-corrected chi connectivity index (χ1v) is 9.26. The molecule has 3 rings (SSSR count). The molecule has 22 heavy (non-hydrogen) atoms. The van der Waals surface area contributed by atoms with Crippen LogP contribution in [0.1, 0.15) is 37.7 Å². The molecule has 1 aliphatic carbocycles. The lowest BCUT2D eigenvalue weighted by Crippen LogP contribution is -2.22. The van der Waals surface area contributed by atoms with E-state index in [0.717, 1.165) is 24.1 Å². The highest BCUT2D eigenvalue weighted by Crippen LogP contribution is 2.23. The molecule has 0 amide bonds. The normalized spacial score (nSPS) is 16.6. The van der Waals surface area contributed by atoms with E-state index in [2.05, 4.69) is 5.32 Å². The van der Waals surface area contributed by atoms with Gasteiger partial charge in [0.15, 0.2) is 0 Å². The zero-order valence-electron chi connectivity index (χ0n) is 12.8. The van der Waals surface area contributed by atoms with Gasteiger partial charge in [-0.15, -0.1) is 0 Å². The summed E-state index contributed by atoms with van der Waals surface area (Å²) in [5.41, 5.74) is 1.92. The summed E-state index contributed by atoms with van der Waals surface area (Å²) < 4.78 is 26.5. The van der Waals surface area contributed by atoms with Crippen LogP contribution in [0.15, 0.2) is 47.6 Å². The zero-order valence-corrected chi connectivity index (χ0v) is 13.6. The standard InChI is InChI=1S/C17H22N2O2S/c1-14-7-9-17(10-8-14)22(20,21)19-12-11-16(13-19)18-15-5-3-2-4-6-15/h7-13,15,18H,2-6H2,1H3. The SMILES string of the molecule is Cc1ccc(S(=O)(=O)n2ccc(NC3CCCCC3)c2)cc1. The first-order valence-electron chi connectivity index (χ1n) is 7.82. The van der Waals surface area contributed by atoms with Crippen LogP contribution in [0.3, 0.4) is 0 Å². The van der Waals surface area contributed by atoms with Gasteiger partial charge in [-0.2, -0.15) is 0 Å². The fraction of sp³-hybridized carbons (Fsp3) is 0.412. The summed E-state index contributed by atoms with van der Waals surface area (Å²) in [6, 6.07) is 9.24. The first-order chi connectivity index (χ1) is 10.6. The molecule has 1 heterocycles. The Morgan fingerprint density at radius 1 is 1.05 bits per heavy atom. The number of nitrogens with one attached hydrogen (secondary N) is 1. The van der Waals surface area contributed by atoms with E-state index in [1.165, 1.54) is 23.2 Å². The Labute approximate surface area is 132 Å². The minimum absolute atomic E-state index is 0.318. The lowest BCUT2D eigenvalue weighted by Gasteiger charge is -2.23. The van der Waals surface area contributed by atoms with Crippen LogP contribution in [-0.2, 0) is 10.0 Å². The van der Waals surface area contributed by atoms with Crippen molar-refractivity contribution in [2.24, 2.45) is 0 Å². The van der Waals surface area contributed by atoms with Crippen LogP contribution in [0.25, 0.3) is 0 Å². The van der Waals surface area contributed by atoms with E-state index in [1.54, 1.807) is 24.5 Å². The van der Waals surface area contributed by atoms with Crippen LogP contribution in [0, 0.1) is 6.92 Å². The number of benzene rings is 1. The molecule has 1 fully saturated rings. The number of hydrogen-bond acceptors (Lipinski definition) is 3. The molecule has 1 saturated carbocycles. The number of anilines is 1. The van der Waals surface area contributed by atoms with Crippen LogP contribution in [0.4, 0.5) is 5.69 Å². The maximum Gasteiger partial charge on any atom is 0.267 e. The van der Waals surface area contributed by atoms with Gasteiger partial charge in [0.05, 0.1) is 10.6 Å². The minimum Gasteiger partial charge on any atom is -0.381 e. The van der Waals surface area contributed by atoms with Crippen molar-refractivity contribution >= 4 is 15.7 Å². The zero-order chi connectivity index (χ0) is 15.6. The quantitative estimate of drug-likeness (QED) is 0.933.